The van der Waals surface area contributed by atoms with Crippen LogP contribution in [-0.4, -0.2) is 11.2 Å². The minimum atomic E-state index is -0.235. The number of aryl methyl sites for hydroxylation is 1. The van der Waals surface area contributed by atoms with Crippen LogP contribution < -0.4 is 5.73 Å². The fourth-order valence-corrected chi connectivity index (χ4v) is 1.77. The molecule has 1 aromatic carbocycles. The zero-order valence-electron chi connectivity index (χ0n) is 8.62. The summed E-state index contributed by atoms with van der Waals surface area (Å²) in [4.78, 5) is 0. The van der Waals surface area contributed by atoms with Crippen LogP contribution in [0.1, 0.15) is 12.8 Å². The van der Waals surface area contributed by atoms with E-state index in [1.165, 1.54) is 5.39 Å². The highest BCUT2D eigenvalue weighted by atomic mass is 19.1. The summed E-state index contributed by atoms with van der Waals surface area (Å²) in [5, 5.41) is 1.18. The number of nitrogen functional groups attached to an aromatic ring is 1. The SMILES string of the molecule is Nc1ccc2ccn(CCCCF)c2c1. The average Bonchev–Trinajstić information content (AvgIpc) is 2.62. The Balaban J connectivity index is 2.23. The standard InChI is InChI=1S/C12H15FN2/c13-6-1-2-7-15-8-5-10-3-4-11(14)9-12(10)15/h3-5,8-9H,1-2,6-7,14H2. The minimum Gasteiger partial charge on any atom is -0.399 e. The predicted octanol–water partition coefficient (Wildman–Crippen LogP) is 2.97. The molecule has 0 amide bonds. The zero-order valence-corrected chi connectivity index (χ0v) is 8.62. The van der Waals surface area contributed by atoms with Gasteiger partial charge in [-0.25, -0.2) is 0 Å². The Bertz CT molecular complexity index is 448. The van der Waals surface area contributed by atoms with Gasteiger partial charge in [0.15, 0.2) is 0 Å². The van der Waals surface area contributed by atoms with Gasteiger partial charge < -0.3 is 10.3 Å². The summed E-state index contributed by atoms with van der Waals surface area (Å²) in [5.74, 6) is 0. The highest BCUT2D eigenvalue weighted by Gasteiger charge is 2.00. The molecule has 2 aromatic rings. The smallest absolute Gasteiger partial charge is 0.0895 e. The molecular weight excluding hydrogens is 191 g/mol. The van der Waals surface area contributed by atoms with Crippen molar-refractivity contribution in [3.8, 4) is 0 Å². The number of halogens is 1. The third-order valence-electron chi connectivity index (χ3n) is 2.58. The van der Waals surface area contributed by atoms with E-state index in [4.69, 9.17) is 5.73 Å². The lowest BCUT2D eigenvalue weighted by Gasteiger charge is -2.04. The number of rotatable bonds is 4. The molecule has 0 bridgehead atoms. The summed E-state index contributed by atoms with van der Waals surface area (Å²) in [6, 6.07) is 7.93. The lowest BCUT2D eigenvalue weighted by Crippen LogP contribution is -1.96. The quantitative estimate of drug-likeness (QED) is 0.605. The van der Waals surface area contributed by atoms with Crippen LogP contribution in [-0.2, 0) is 6.54 Å². The van der Waals surface area contributed by atoms with Gasteiger partial charge in [-0.1, -0.05) is 6.07 Å². The van der Waals surface area contributed by atoms with Gasteiger partial charge in [0.25, 0.3) is 0 Å². The maximum Gasteiger partial charge on any atom is 0.0895 e. The molecule has 0 spiro atoms. The van der Waals surface area contributed by atoms with Crippen LogP contribution in [0.25, 0.3) is 10.9 Å². The number of nitrogens with zero attached hydrogens (tertiary/aromatic N) is 1. The molecule has 2 nitrogen and oxygen atoms in total. The Morgan fingerprint density at radius 3 is 2.87 bits per heavy atom. The normalized spacial score (nSPS) is 11.0. The van der Waals surface area contributed by atoms with Gasteiger partial charge in [-0.3, -0.25) is 4.39 Å². The molecule has 0 unspecified atom stereocenters. The molecule has 2 rings (SSSR count). The van der Waals surface area contributed by atoms with Crippen molar-refractivity contribution in [1.29, 1.82) is 0 Å². The molecule has 1 aromatic heterocycles. The maximum atomic E-state index is 12.0. The second-order valence-corrected chi connectivity index (χ2v) is 3.72. The number of nitrogens with two attached hydrogens (primary N) is 1. The van der Waals surface area contributed by atoms with Crippen LogP contribution in [0, 0.1) is 0 Å². The lowest BCUT2D eigenvalue weighted by atomic mass is 10.2. The summed E-state index contributed by atoms with van der Waals surface area (Å²) < 4.78 is 14.1. The van der Waals surface area contributed by atoms with Crippen LogP contribution >= 0.6 is 0 Å². The van der Waals surface area contributed by atoms with E-state index in [-0.39, 0.29) is 6.67 Å². The Labute approximate surface area is 88.5 Å². The van der Waals surface area contributed by atoms with Gasteiger partial charge in [0.05, 0.1) is 12.2 Å². The lowest BCUT2D eigenvalue weighted by molar-refractivity contribution is 0.449. The summed E-state index contributed by atoms with van der Waals surface area (Å²) in [6.45, 7) is 0.623. The van der Waals surface area contributed by atoms with E-state index in [1.807, 2.05) is 24.4 Å². The Morgan fingerprint density at radius 2 is 2.07 bits per heavy atom. The molecule has 0 aliphatic heterocycles. The largest absolute Gasteiger partial charge is 0.399 e. The molecule has 0 saturated carbocycles. The third kappa shape index (κ3) is 2.12. The molecule has 3 heteroatoms. The molecule has 80 valence electrons. The number of benzene rings is 1. The van der Waals surface area contributed by atoms with Crippen molar-refractivity contribution in [3.05, 3.63) is 30.5 Å². The zero-order chi connectivity index (χ0) is 10.7. The van der Waals surface area contributed by atoms with Crippen LogP contribution in [0.4, 0.5) is 10.1 Å². The van der Waals surface area contributed by atoms with E-state index in [0.717, 1.165) is 24.2 Å². The van der Waals surface area contributed by atoms with Gasteiger partial charge in [-0.15, -0.1) is 0 Å². The van der Waals surface area contributed by atoms with Gasteiger partial charge in [0, 0.05) is 18.4 Å². The summed E-state index contributed by atoms with van der Waals surface area (Å²) in [5.41, 5.74) is 7.64. The second kappa shape index (κ2) is 4.34. The Kier molecular flexibility index (Phi) is 2.90. The molecule has 0 fully saturated rings. The van der Waals surface area contributed by atoms with Crippen LogP contribution in [0.15, 0.2) is 30.5 Å². The first-order valence-corrected chi connectivity index (χ1v) is 5.21. The number of unbranched alkanes of at least 4 members (excludes halogenated alkanes) is 1. The molecule has 2 N–H and O–H groups in total. The van der Waals surface area contributed by atoms with Gasteiger partial charge in [0.1, 0.15) is 0 Å². The Hall–Kier alpha value is -1.51. The number of alkyl halides is 1. The first kappa shape index (κ1) is 10.0. The van der Waals surface area contributed by atoms with Gasteiger partial charge in [-0.2, -0.15) is 0 Å². The maximum absolute atomic E-state index is 12.0. The van der Waals surface area contributed by atoms with Crippen molar-refractivity contribution in [2.45, 2.75) is 19.4 Å². The van der Waals surface area contributed by atoms with E-state index in [1.54, 1.807) is 0 Å². The average molecular weight is 206 g/mol. The van der Waals surface area contributed by atoms with Gasteiger partial charge >= 0.3 is 0 Å². The third-order valence-corrected chi connectivity index (χ3v) is 2.58. The van der Waals surface area contributed by atoms with Crippen LogP contribution in [0.3, 0.4) is 0 Å². The second-order valence-electron chi connectivity index (χ2n) is 3.72. The van der Waals surface area contributed by atoms with Crippen LogP contribution in [0.5, 0.6) is 0 Å². The molecule has 0 aliphatic carbocycles. The van der Waals surface area contributed by atoms with Crippen molar-refractivity contribution >= 4 is 16.6 Å². The number of anilines is 1. The van der Waals surface area contributed by atoms with Crippen molar-refractivity contribution in [3.63, 3.8) is 0 Å². The van der Waals surface area contributed by atoms with Gasteiger partial charge in [-0.05, 0) is 36.4 Å². The predicted molar refractivity (Wildman–Crippen MR) is 61.6 cm³/mol. The molecule has 0 saturated heterocycles. The number of aromatic nitrogens is 1. The topological polar surface area (TPSA) is 30.9 Å². The molecule has 15 heavy (non-hydrogen) atoms. The summed E-state index contributed by atoms with van der Waals surface area (Å²) in [7, 11) is 0. The van der Waals surface area contributed by atoms with E-state index in [2.05, 4.69) is 10.6 Å². The van der Waals surface area contributed by atoms with E-state index >= 15 is 0 Å². The highest BCUT2D eigenvalue weighted by molar-refractivity contribution is 5.83. The summed E-state index contributed by atoms with van der Waals surface area (Å²) >= 11 is 0. The number of hydrogen-bond donors (Lipinski definition) is 1. The fourth-order valence-electron chi connectivity index (χ4n) is 1.77. The number of fused-ring (bicyclic) bond motifs is 1. The first-order chi connectivity index (χ1) is 7.31. The minimum absolute atomic E-state index is 0.235. The van der Waals surface area contributed by atoms with Crippen molar-refractivity contribution in [1.82, 2.24) is 4.57 Å². The van der Waals surface area contributed by atoms with Crippen molar-refractivity contribution < 1.29 is 4.39 Å². The first-order valence-electron chi connectivity index (χ1n) is 5.21. The van der Waals surface area contributed by atoms with Crippen molar-refractivity contribution in [2.24, 2.45) is 0 Å². The van der Waals surface area contributed by atoms with Crippen LogP contribution in [0.2, 0.25) is 0 Å². The molecule has 0 radical (unpaired) electrons. The van der Waals surface area contributed by atoms with Gasteiger partial charge in [0.2, 0.25) is 0 Å². The molecular formula is C12H15FN2. The molecule has 1 heterocycles. The van der Waals surface area contributed by atoms with E-state index in [0.29, 0.717) is 6.42 Å². The number of hydrogen-bond acceptors (Lipinski definition) is 1. The summed E-state index contributed by atoms with van der Waals surface area (Å²) in [6.07, 6.45) is 3.53. The highest BCUT2D eigenvalue weighted by Crippen LogP contribution is 2.19. The Morgan fingerprint density at radius 1 is 1.20 bits per heavy atom. The van der Waals surface area contributed by atoms with E-state index < -0.39 is 0 Å². The van der Waals surface area contributed by atoms with Crippen molar-refractivity contribution in [2.75, 3.05) is 12.4 Å². The molecule has 0 atom stereocenters. The van der Waals surface area contributed by atoms with E-state index in [9.17, 15) is 4.39 Å². The monoisotopic (exact) mass is 206 g/mol. The molecule has 0 aliphatic rings. The fraction of sp³-hybridized carbons (Fsp3) is 0.333.